The number of ether oxygens (including phenoxy) is 2. The first-order valence-corrected chi connectivity index (χ1v) is 6.39. The number of hydrogen-bond acceptors (Lipinski definition) is 3. The van der Waals surface area contributed by atoms with Crippen LogP contribution >= 0.6 is 0 Å². The van der Waals surface area contributed by atoms with Crippen LogP contribution in [-0.2, 0) is 17.7 Å². The van der Waals surface area contributed by atoms with Crippen LogP contribution in [0, 0.1) is 0 Å². The van der Waals surface area contributed by atoms with Gasteiger partial charge in [-0.3, -0.25) is 0 Å². The molecule has 1 aromatic rings. The molecule has 0 aromatic heterocycles. The summed E-state index contributed by atoms with van der Waals surface area (Å²) in [7, 11) is 1.61. The third-order valence-electron chi connectivity index (χ3n) is 2.68. The van der Waals surface area contributed by atoms with Crippen molar-refractivity contribution >= 4 is 0 Å². The summed E-state index contributed by atoms with van der Waals surface area (Å²) in [5, 5.41) is 3.59. The molecular formula is C14H21N3O2. The maximum Gasteiger partial charge on any atom is 0.122 e. The van der Waals surface area contributed by atoms with E-state index in [0.717, 1.165) is 23.3 Å². The summed E-state index contributed by atoms with van der Waals surface area (Å²) in [6.45, 7) is 6.40. The highest BCUT2D eigenvalue weighted by atomic mass is 16.5. The Kier molecular flexibility index (Phi) is 6.19. The Morgan fingerprint density at radius 1 is 1.32 bits per heavy atom. The topological polar surface area (TPSA) is 67.2 Å². The number of rotatable bonds is 7. The lowest BCUT2D eigenvalue weighted by Gasteiger charge is -2.17. The van der Waals surface area contributed by atoms with Crippen LogP contribution in [-0.4, -0.2) is 19.3 Å². The molecule has 0 fully saturated rings. The molecule has 0 N–H and O–H groups in total. The molecule has 1 aromatic carbocycles. The Morgan fingerprint density at radius 2 is 2.05 bits per heavy atom. The van der Waals surface area contributed by atoms with Crippen LogP contribution in [0.3, 0.4) is 0 Å². The van der Waals surface area contributed by atoms with E-state index in [9.17, 15) is 0 Å². The molecule has 1 unspecified atom stereocenters. The summed E-state index contributed by atoms with van der Waals surface area (Å²) in [6, 6.07) is 5.92. The predicted octanol–water partition coefficient (Wildman–Crippen LogP) is 3.86. The zero-order valence-electron chi connectivity index (χ0n) is 12.0. The van der Waals surface area contributed by atoms with Gasteiger partial charge in [-0.05, 0) is 44.4 Å². The molecule has 0 bridgehead atoms. The summed E-state index contributed by atoms with van der Waals surface area (Å²) in [5.41, 5.74) is 10.5. The first kappa shape index (κ1) is 15.3. The minimum atomic E-state index is 0.153. The van der Waals surface area contributed by atoms with E-state index >= 15 is 0 Å². The lowest BCUT2D eigenvalue weighted by atomic mass is 10.0. The largest absolute Gasteiger partial charge is 0.496 e. The Morgan fingerprint density at radius 3 is 2.63 bits per heavy atom. The van der Waals surface area contributed by atoms with Crippen LogP contribution in [0.25, 0.3) is 10.4 Å². The van der Waals surface area contributed by atoms with Gasteiger partial charge in [-0.2, -0.15) is 0 Å². The van der Waals surface area contributed by atoms with E-state index in [-0.39, 0.29) is 12.2 Å². The summed E-state index contributed by atoms with van der Waals surface area (Å²) in [6.07, 6.45) is 1.20. The van der Waals surface area contributed by atoms with Gasteiger partial charge in [-0.15, -0.1) is 0 Å². The van der Waals surface area contributed by atoms with Crippen molar-refractivity contribution < 1.29 is 9.47 Å². The Balaban J connectivity index is 2.82. The van der Waals surface area contributed by atoms with Crippen LogP contribution in [0.15, 0.2) is 23.3 Å². The van der Waals surface area contributed by atoms with E-state index in [2.05, 4.69) is 16.9 Å². The van der Waals surface area contributed by atoms with Gasteiger partial charge in [0.25, 0.3) is 0 Å². The monoisotopic (exact) mass is 263 g/mol. The van der Waals surface area contributed by atoms with Crippen molar-refractivity contribution in [3.63, 3.8) is 0 Å². The summed E-state index contributed by atoms with van der Waals surface area (Å²) >= 11 is 0. The molecule has 0 radical (unpaired) electrons. The van der Waals surface area contributed by atoms with Crippen LogP contribution in [0.4, 0.5) is 0 Å². The third-order valence-corrected chi connectivity index (χ3v) is 2.68. The molecule has 104 valence electrons. The predicted molar refractivity (Wildman–Crippen MR) is 75.2 cm³/mol. The highest BCUT2D eigenvalue weighted by Gasteiger charge is 2.09. The lowest BCUT2D eigenvalue weighted by molar-refractivity contribution is 0.0195. The molecule has 1 rings (SSSR count). The molecule has 0 aliphatic heterocycles. The molecule has 5 nitrogen and oxygen atoms in total. The third kappa shape index (κ3) is 5.20. The quantitative estimate of drug-likeness (QED) is 0.426. The fourth-order valence-corrected chi connectivity index (χ4v) is 2.03. The first-order valence-electron chi connectivity index (χ1n) is 6.39. The van der Waals surface area contributed by atoms with Crippen LogP contribution < -0.4 is 4.74 Å². The number of azide groups is 1. The molecule has 0 saturated carbocycles. The smallest absolute Gasteiger partial charge is 0.122 e. The van der Waals surface area contributed by atoms with Crippen molar-refractivity contribution in [3.05, 3.63) is 39.8 Å². The molecule has 19 heavy (non-hydrogen) atoms. The maximum absolute atomic E-state index is 8.40. The molecule has 0 aliphatic carbocycles. The average molecular weight is 263 g/mol. The number of hydrogen-bond donors (Lipinski definition) is 0. The van der Waals surface area contributed by atoms with Crippen molar-refractivity contribution in [3.8, 4) is 5.75 Å². The van der Waals surface area contributed by atoms with Gasteiger partial charge in [0.1, 0.15) is 5.75 Å². The molecule has 0 spiro atoms. The summed E-state index contributed by atoms with van der Waals surface area (Å²) in [4.78, 5) is 2.78. The van der Waals surface area contributed by atoms with Crippen LogP contribution in [0.2, 0.25) is 0 Å². The van der Waals surface area contributed by atoms with Crippen LogP contribution in [0.5, 0.6) is 5.75 Å². The van der Waals surface area contributed by atoms with Gasteiger partial charge < -0.3 is 9.47 Å². The van der Waals surface area contributed by atoms with E-state index in [1.165, 1.54) is 0 Å². The second-order valence-electron chi connectivity index (χ2n) is 4.73. The van der Waals surface area contributed by atoms with E-state index < -0.39 is 0 Å². The minimum absolute atomic E-state index is 0.153. The van der Waals surface area contributed by atoms with Gasteiger partial charge in [-0.1, -0.05) is 17.2 Å². The SMILES string of the molecule is COc1ccc(CC(C)OC(C)C)cc1CN=[N+]=[N-]. The molecule has 0 amide bonds. The van der Waals surface area contributed by atoms with Gasteiger partial charge >= 0.3 is 0 Å². The minimum Gasteiger partial charge on any atom is -0.496 e. The number of nitrogens with zero attached hydrogens (tertiary/aromatic N) is 3. The highest BCUT2D eigenvalue weighted by molar-refractivity contribution is 5.37. The standard InChI is InChI=1S/C14H21N3O2/c1-10(2)19-11(3)7-12-5-6-14(18-4)13(8-12)9-16-17-15/h5-6,8,10-11H,7,9H2,1-4H3. The fraction of sp³-hybridized carbons (Fsp3) is 0.571. The van der Waals surface area contributed by atoms with Crippen molar-refractivity contribution in [1.29, 1.82) is 0 Å². The van der Waals surface area contributed by atoms with Gasteiger partial charge in [0.15, 0.2) is 0 Å². The van der Waals surface area contributed by atoms with E-state index in [4.69, 9.17) is 15.0 Å². The lowest BCUT2D eigenvalue weighted by Crippen LogP contribution is -2.16. The number of methoxy groups -OCH3 is 1. The Labute approximate surface area is 114 Å². The zero-order valence-corrected chi connectivity index (χ0v) is 12.0. The van der Waals surface area contributed by atoms with Gasteiger partial charge in [-0.25, -0.2) is 0 Å². The van der Waals surface area contributed by atoms with Crippen molar-refractivity contribution in [2.45, 2.75) is 45.9 Å². The molecular weight excluding hydrogens is 242 g/mol. The fourth-order valence-electron chi connectivity index (χ4n) is 2.03. The molecule has 0 saturated heterocycles. The van der Waals surface area contributed by atoms with E-state index in [1.54, 1.807) is 7.11 Å². The summed E-state index contributed by atoms with van der Waals surface area (Å²) in [5.74, 6) is 0.744. The Bertz CT molecular complexity index is 454. The maximum atomic E-state index is 8.40. The molecule has 5 heteroatoms. The normalized spacial score (nSPS) is 12.1. The Hall–Kier alpha value is -1.71. The van der Waals surface area contributed by atoms with Crippen molar-refractivity contribution in [2.24, 2.45) is 5.11 Å². The van der Waals surface area contributed by atoms with Gasteiger partial charge in [0, 0.05) is 10.5 Å². The second kappa shape index (κ2) is 7.67. The molecule has 0 heterocycles. The van der Waals surface area contributed by atoms with Crippen LogP contribution in [0.1, 0.15) is 31.9 Å². The van der Waals surface area contributed by atoms with E-state index in [1.807, 2.05) is 32.0 Å². The van der Waals surface area contributed by atoms with Gasteiger partial charge in [0.2, 0.25) is 0 Å². The summed E-state index contributed by atoms with van der Waals surface area (Å²) < 4.78 is 11.0. The molecule has 0 aliphatic rings. The first-order chi connectivity index (χ1) is 9.06. The molecule has 1 atom stereocenters. The number of benzene rings is 1. The second-order valence-corrected chi connectivity index (χ2v) is 4.73. The zero-order chi connectivity index (χ0) is 14.3. The van der Waals surface area contributed by atoms with Crippen molar-refractivity contribution in [2.75, 3.05) is 7.11 Å². The van der Waals surface area contributed by atoms with E-state index in [0.29, 0.717) is 6.54 Å². The van der Waals surface area contributed by atoms with Crippen molar-refractivity contribution in [1.82, 2.24) is 0 Å². The highest BCUT2D eigenvalue weighted by Crippen LogP contribution is 2.22. The average Bonchev–Trinajstić information content (AvgIpc) is 2.35. The van der Waals surface area contributed by atoms with Gasteiger partial charge in [0.05, 0.1) is 25.9 Å².